The van der Waals surface area contributed by atoms with Gasteiger partial charge in [-0.25, -0.2) is 4.79 Å². The number of halogens is 1. The van der Waals surface area contributed by atoms with Gasteiger partial charge < -0.3 is 14.3 Å². The van der Waals surface area contributed by atoms with Crippen molar-refractivity contribution in [1.29, 1.82) is 0 Å². The van der Waals surface area contributed by atoms with Crippen LogP contribution in [0.2, 0.25) is 0 Å². The minimum absolute atomic E-state index is 0.0212. The van der Waals surface area contributed by atoms with Crippen LogP contribution in [0.3, 0.4) is 0 Å². The van der Waals surface area contributed by atoms with E-state index < -0.39 is 17.7 Å². The maximum atomic E-state index is 11.7. The molecule has 0 radical (unpaired) electrons. The van der Waals surface area contributed by atoms with Crippen LogP contribution in [-0.4, -0.2) is 47.5 Å². The Bertz CT molecular complexity index is 351. The van der Waals surface area contributed by atoms with Crippen molar-refractivity contribution in [1.82, 2.24) is 4.90 Å². The monoisotopic (exact) mass is 307 g/mol. The second-order valence-corrected chi connectivity index (χ2v) is 5.55. The maximum absolute atomic E-state index is 11.7. The highest BCUT2D eigenvalue weighted by Gasteiger charge is 2.22. The lowest BCUT2D eigenvalue weighted by atomic mass is 10.2. The summed E-state index contributed by atoms with van der Waals surface area (Å²) in [4.78, 5) is 35.4. The number of carbonyl (C=O) groups is 3. The summed E-state index contributed by atoms with van der Waals surface area (Å²) in [7, 11) is 0. The molecule has 1 amide bonds. The number of nitrogens with zero attached hydrogens (tertiary/aromatic N) is 1. The summed E-state index contributed by atoms with van der Waals surface area (Å²) in [5.41, 5.74) is -0.626. The summed E-state index contributed by atoms with van der Waals surface area (Å²) in [6.45, 7) is 6.68. The quantitative estimate of drug-likeness (QED) is 0.533. The van der Waals surface area contributed by atoms with E-state index in [1.54, 1.807) is 20.8 Å². The molecule has 0 aromatic rings. The molecule has 0 heterocycles. The van der Waals surface area contributed by atoms with Crippen LogP contribution >= 0.6 is 11.6 Å². The summed E-state index contributed by atoms with van der Waals surface area (Å²) in [5.74, 6) is -0.514. The first-order valence-electron chi connectivity index (χ1n) is 6.34. The molecule has 116 valence electrons. The van der Waals surface area contributed by atoms with Gasteiger partial charge in [0.15, 0.2) is 6.07 Å². The molecule has 0 aliphatic rings. The number of ether oxygens (including phenoxy) is 2. The summed E-state index contributed by atoms with van der Waals surface area (Å²) < 4.78 is 9.79. The predicted octanol–water partition coefficient (Wildman–Crippen LogP) is 2.33. The second kappa shape index (κ2) is 8.79. The Morgan fingerprint density at radius 3 is 2.25 bits per heavy atom. The molecule has 0 saturated heterocycles. The highest BCUT2D eigenvalue weighted by molar-refractivity contribution is 6.17. The Kier molecular flexibility index (Phi) is 8.22. The third-order valence-corrected chi connectivity index (χ3v) is 2.24. The van der Waals surface area contributed by atoms with Crippen molar-refractivity contribution < 1.29 is 23.9 Å². The Balaban J connectivity index is 4.48. The first-order chi connectivity index (χ1) is 9.15. The van der Waals surface area contributed by atoms with Crippen molar-refractivity contribution in [3.8, 4) is 0 Å². The molecule has 0 fully saturated rings. The largest absolute Gasteiger partial charge is 0.459 e. The molecular weight excluding hydrogens is 286 g/mol. The number of rotatable bonds is 7. The van der Waals surface area contributed by atoms with Crippen LogP contribution in [0.4, 0.5) is 4.79 Å². The van der Waals surface area contributed by atoms with Gasteiger partial charge in [-0.05, 0) is 34.1 Å². The number of hydrogen-bond donors (Lipinski definition) is 0. The minimum atomic E-state index is -0.700. The van der Waals surface area contributed by atoms with Crippen LogP contribution in [0.1, 0.15) is 40.5 Å². The lowest BCUT2D eigenvalue weighted by molar-refractivity contribution is -0.155. The highest BCUT2D eigenvalue weighted by Crippen LogP contribution is 2.08. The van der Waals surface area contributed by atoms with Crippen molar-refractivity contribution in [2.24, 2.45) is 0 Å². The van der Waals surface area contributed by atoms with E-state index in [4.69, 9.17) is 16.3 Å². The molecular formula is C13H22ClNO5. The van der Waals surface area contributed by atoms with Gasteiger partial charge >= 0.3 is 12.1 Å². The van der Waals surface area contributed by atoms with E-state index in [0.717, 1.165) is 0 Å². The molecule has 6 nitrogen and oxygen atoms in total. The number of hydrogen-bond acceptors (Lipinski definition) is 5. The average molecular weight is 308 g/mol. The number of carbonyl (C=O) groups excluding carboxylic acids is 3. The Morgan fingerprint density at radius 1 is 1.20 bits per heavy atom. The molecule has 0 atom stereocenters. The van der Waals surface area contributed by atoms with E-state index in [1.807, 2.05) is 0 Å². The highest BCUT2D eigenvalue weighted by atomic mass is 35.5. The predicted molar refractivity (Wildman–Crippen MR) is 74.5 cm³/mol. The van der Waals surface area contributed by atoms with E-state index in [1.165, 1.54) is 11.8 Å². The zero-order valence-corrected chi connectivity index (χ0v) is 13.2. The molecule has 20 heavy (non-hydrogen) atoms. The third-order valence-electron chi connectivity index (χ3n) is 2.13. The SMILES string of the molecule is CC(=O)CCCN(CC(=O)OC(C)(C)C)C(=O)OCCl. The van der Waals surface area contributed by atoms with Gasteiger partial charge in [-0.2, -0.15) is 0 Å². The van der Waals surface area contributed by atoms with E-state index in [-0.39, 0.29) is 24.9 Å². The molecule has 0 N–H and O–H groups in total. The van der Waals surface area contributed by atoms with Crippen LogP contribution in [0.25, 0.3) is 0 Å². The average Bonchev–Trinajstić information content (AvgIpc) is 2.24. The zero-order valence-electron chi connectivity index (χ0n) is 12.4. The summed E-state index contributed by atoms with van der Waals surface area (Å²) >= 11 is 5.33. The fourth-order valence-electron chi connectivity index (χ4n) is 1.42. The van der Waals surface area contributed by atoms with Gasteiger partial charge in [0.2, 0.25) is 0 Å². The number of amides is 1. The molecule has 0 unspecified atom stereocenters. The van der Waals surface area contributed by atoms with E-state index in [0.29, 0.717) is 12.8 Å². The van der Waals surface area contributed by atoms with Gasteiger partial charge in [0.05, 0.1) is 0 Å². The number of ketones is 1. The molecule has 0 aliphatic heterocycles. The first kappa shape index (κ1) is 18.7. The summed E-state index contributed by atoms with van der Waals surface area (Å²) in [6.07, 6.45) is 0.0866. The standard InChI is InChI=1S/C13H22ClNO5/c1-10(16)6-5-7-15(12(18)19-9-14)8-11(17)20-13(2,3)4/h5-9H2,1-4H3. The molecule has 0 rings (SSSR count). The van der Waals surface area contributed by atoms with Gasteiger partial charge in [0.1, 0.15) is 17.9 Å². The van der Waals surface area contributed by atoms with Gasteiger partial charge in [0, 0.05) is 13.0 Å². The Hall–Kier alpha value is -1.30. The minimum Gasteiger partial charge on any atom is -0.459 e. The molecule has 0 aliphatic carbocycles. The van der Waals surface area contributed by atoms with E-state index in [9.17, 15) is 14.4 Å². The Labute approximate surface area is 124 Å². The van der Waals surface area contributed by atoms with Gasteiger partial charge in [-0.15, -0.1) is 0 Å². The van der Waals surface area contributed by atoms with Crippen molar-refractivity contribution in [2.75, 3.05) is 19.2 Å². The van der Waals surface area contributed by atoms with E-state index >= 15 is 0 Å². The van der Waals surface area contributed by atoms with Gasteiger partial charge in [-0.3, -0.25) is 9.69 Å². The van der Waals surface area contributed by atoms with Crippen molar-refractivity contribution in [3.63, 3.8) is 0 Å². The smallest absolute Gasteiger partial charge is 0.411 e. The van der Waals surface area contributed by atoms with Crippen molar-refractivity contribution in [2.45, 2.75) is 46.1 Å². The normalized spacial score (nSPS) is 10.8. The van der Waals surface area contributed by atoms with Crippen LogP contribution in [-0.2, 0) is 19.1 Å². The van der Waals surface area contributed by atoms with Crippen LogP contribution < -0.4 is 0 Å². The van der Waals surface area contributed by atoms with E-state index in [2.05, 4.69) is 4.74 Å². The molecule has 0 spiro atoms. The molecule has 0 bridgehead atoms. The van der Waals surface area contributed by atoms with Gasteiger partial charge in [-0.1, -0.05) is 11.6 Å². The third kappa shape index (κ3) is 9.61. The fourth-order valence-corrected chi connectivity index (χ4v) is 1.51. The van der Waals surface area contributed by atoms with Crippen molar-refractivity contribution in [3.05, 3.63) is 0 Å². The molecule has 7 heteroatoms. The maximum Gasteiger partial charge on any atom is 0.411 e. The van der Waals surface area contributed by atoms with Gasteiger partial charge in [0.25, 0.3) is 0 Å². The lowest BCUT2D eigenvalue weighted by Gasteiger charge is -2.24. The molecule has 0 aromatic carbocycles. The number of Topliss-reactive ketones (excluding diaryl/α,β-unsaturated/α-hetero) is 1. The molecule has 0 aromatic heterocycles. The van der Waals surface area contributed by atoms with Crippen molar-refractivity contribution >= 4 is 29.4 Å². The summed E-state index contributed by atoms with van der Waals surface area (Å²) in [6, 6.07) is -0.295. The Morgan fingerprint density at radius 2 is 1.80 bits per heavy atom. The summed E-state index contributed by atoms with van der Waals surface area (Å²) in [5, 5.41) is 0. The fraction of sp³-hybridized carbons (Fsp3) is 0.769. The second-order valence-electron chi connectivity index (χ2n) is 5.33. The zero-order chi connectivity index (χ0) is 15.8. The van der Waals surface area contributed by atoms with Crippen LogP contribution in [0.5, 0.6) is 0 Å². The van der Waals surface area contributed by atoms with Crippen LogP contribution in [0, 0.1) is 0 Å². The topological polar surface area (TPSA) is 72.9 Å². The number of esters is 1. The number of alkyl halides is 1. The lowest BCUT2D eigenvalue weighted by Crippen LogP contribution is -2.39. The first-order valence-corrected chi connectivity index (χ1v) is 6.88. The molecule has 0 saturated carbocycles. The van der Waals surface area contributed by atoms with Crippen LogP contribution in [0.15, 0.2) is 0 Å².